The molecule has 0 radical (unpaired) electrons. The summed E-state index contributed by atoms with van der Waals surface area (Å²) < 4.78 is 14.2. The highest BCUT2D eigenvalue weighted by molar-refractivity contribution is 5.81. The van der Waals surface area contributed by atoms with Crippen LogP contribution < -0.4 is 0 Å². The third-order valence-corrected chi connectivity index (χ3v) is 1.39. The van der Waals surface area contributed by atoms with E-state index in [1.54, 1.807) is 13.8 Å². The number of rotatable bonds is 6. The molecule has 0 saturated carbocycles. The molecule has 0 spiro atoms. The molecular formula is C10H16O5. The Balaban J connectivity index is 3.83. The van der Waals surface area contributed by atoms with Gasteiger partial charge < -0.3 is 14.2 Å². The summed E-state index contributed by atoms with van der Waals surface area (Å²) in [6, 6.07) is 0. The van der Waals surface area contributed by atoms with E-state index in [0.717, 1.165) is 12.3 Å². The Morgan fingerprint density at radius 3 is 2.33 bits per heavy atom. The third-order valence-electron chi connectivity index (χ3n) is 1.39. The maximum absolute atomic E-state index is 11.0. The summed E-state index contributed by atoms with van der Waals surface area (Å²) >= 11 is 0. The van der Waals surface area contributed by atoms with Gasteiger partial charge in [-0.2, -0.15) is 0 Å². The van der Waals surface area contributed by atoms with Crippen LogP contribution in [0.1, 0.15) is 20.8 Å². The fraction of sp³-hybridized carbons (Fsp3) is 0.600. The summed E-state index contributed by atoms with van der Waals surface area (Å²) in [4.78, 5) is 21.9. The third kappa shape index (κ3) is 6.54. The topological polar surface area (TPSA) is 61.8 Å². The van der Waals surface area contributed by atoms with Crippen LogP contribution in [-0.2, 0) is 23.8 Å². The molecule has 0 aromatic rings. The van der Waals surface area contributed by atoms with Crippen molar-refractivity contribution in [2.24, 2.45) is 0 Å². The van der Waals surface area contributed by atoms with Crippen LogP contribution >= 0.6 is 0 Å². The first-order valence-corrected chi connectivity index (χ1v) is 4.77. The average Bonchev–Trinajstić information content (AvgIpc) is 2.18. The Morgan fingerprint density at radius 2 is 1.80 bits per heavy atom. The molecule has 0 N–H and O–H groups in total. The number of ether oxygens (including phenoxy) is 3. The molecule has 0 bridgehead atoms. The van der Waals surface area contributed by atoms with Crippen molar-refractivity contribution in [3.63, 3.8) is 0 Å². The lowest BCUT2D eigenvalue weighted by molar-refractivity contribution is -0.152. The van der Waals surface area contributed by atoms with Crippen molar-refractivity contribution in [3.8, 4) is 0 Å². The van der Waals surface area contributed by atoms with Crippen LogP contribution in [0.25, 0.3) is 0 Å². The van der Waals surface area contributed by atoms with Gasteiger partial charge in [0.25, 0.3) is 0 Å². The van der Waals surface area contributed by atoms with Gasteiger partial charge in [0.1, 0.15) is 0 Å². The number of hydrogen-bond acceptors (Lipinski definition) is 5. The first kappa shape index (κ1) is 13.5. The average molecular weight is 216 g/mol. The lowest BCUT2D eigenvalue weighted by Gasteiger charge is -2.09. The van der Waals surface area contributed by atoms with Crippen molar-refractivity contribution in [1.29, 1.82) is 0 Å². The predicted molar refractivity (Wildman–Crippen MR) is 53.0 cm³/mol. The molecular weight excluding hydrogens is 200 g/mol. The van der Waals surface area contributed by atoms with Gasteiger partial charge in [-0.15, -0.1) is 0 Å². The zero-order valence-electron chi connectivity index (χ0n) is 9.19. The van der Waals surface area contributed by atoms with Gasteiger partial charge in [-0.1, -0.05) is 0 Å². The molecule has 1 unspecified atom stereocenters. The Hall–Kier alpha value is -1.52. The van der Waals surface area contributed by atoms with E-state index in [1.165, 1.54) is 6.92 Å². The van der Waals surface area contributed by atoms with Crippen LogP contribution in [-0.4, -0.2) is 31.3 Å². The molecule has 0 aliphatic carbocycles. The maximum Gasteiger partial charge on any atom is 0.346 e. The SMILES string of the molecule is CCOC(=O)C=COC(C)C(=O)OCC. The molecule has 0 aliphatic heterocycles. The Morgan fingerprint density at radius 1 is 1.20 bits per heavy atom. The van der Waals surface area contributed by atoms with Crippen LogP contribution in [0.5, 0.6) is 0 Å². The lowest BCUT2D eigenvalue weighted by Crippen LogP contribution is -2.21. The highest BCUT2D eigenvalue weighted by atomic mass is 16.6. The van der Waals surface area contributed by atoms with E-state index in [9.17, 15) is 9.59 Å². The Labute approximate surface area is 89.0 Å². The zero-order valence-corrected chi connectivity index (χ0v) is 9.19. The number of carbonyl (C=O) groups excluding carboxylic acids is 2. The molecule has 5 nitrogen and oxygen atoms in total. The maximum atomic E-state index is 11.0. The van der Waals surface area contributed by atoms with Crippen LogP contribution in [0, 0.1) is 0 Å². The molecule has 0 aromatic carbocycles. The van der Waals surface area contributed by atoms with Crippen LogP contribution in [0.15, 0.2) is 12.3 Å². The van der Waals surface area contributed by atoms with Crippen LogP contribution in [0.4, 0.5) is 0 Å². The second-order valence-electron chi connectivity index (χ2n) is 2.59. The number of carbonyl (C=O) groups is 2. The fourth-order valence-corrected chi connectivity index (χ4v) is 0.718. The molecule has 0 aromatic heterocycles. The molecule has 0 fully saturated rings. The highest BCUT2D eigenvalue weighted by Crippen LogP contribution is 1.95. The second-order valence-corrected chi connectivity index (χ2v) is 2.59. The molecule has 86 valence electrons. The van der Waals surface area contributed by atoms with Gasteiger partial charge in [0.15, 0.2) is 6.10 Å². The molecule has 15 heavy (non-hydrogen) atoms. The first-order valence-electron chi connectivity index (χ1n) is 4.77. The van der Waals surface area contributed by atoms with Crippen molar-refractivity contribution in [3.05, 3.63) is 12.3 Å². The molecule has 5 heteroatoms. The van der Waals surface area contributed by atoms with Crippen molar-refractivity contribution in [2.75, 3.05) is 13.2 Å². The van der Waals surface area contributed by atoms with Crippen molar-refractivity contribution in [1.82, 2.24) is 0 Å². The molecule has 1 atom stereocenters. The minimum atomic E-state index is -0.726. The first-order chi connectivity index (χ1) is 7.11. The van der Waals surface area contributed by atoms with Gasteiger partial charge >= 0.3 is 11.9 Å². The number of esters is 2. The van der Waals surface area contributed by atoms with Crippen molar-refractivity contribution >= 4 is 11.9 Å². The van der Waals surface area contributed by atoms with Crippen LogP contribution in [0.2, 0.25) is 0 Å². The highest BCUT2D eigenvalue weighted by Gasteiger charge is 2.13. The Bertz CT molecular complexity index is 234. The quantitative estimate of drug-likeness (QED) is 0.377. The standard InChI is InChI=1S/C10H16O5/c1-4-13-9(11)6-7-15-8(3)10(12)14-5-2/h6-8H,4-5H2,1-3H3. The summed E-state index contributed by atoms with van der Waals surface area (Å²) in [5.41, 5.74) is 0. The van der Waals surface area contributed by atoms with E-state index in [2.05, 4.69) is 4.74 Å². The second kappa shape index (κ2) is 7.84. The van der Waals surface area contributed by atoms with Gasteiger partial charge in [0.2, 0.25) is 0 Å². The normalized spacial score (nSPS) is 12.2. The molecule has 0 amide bonds. The summed E-state index contributed by atoms with van der Waals surface area (Å²) in [5, 5.41) is 0. The molecule has 0 heterocycles. The van der Waals surface area contributed by atoms with E-state index in [-0.39, 0.29) is 0 Å². The van der Waals surface area contributed by atoms with Gasteiger partial charge in [0.05, 0.1) is 25.6 Å². The van der Waals surface area contributed by atoms with Crippen LogP contribution in [0.3, 0.4) is 0 Å². The van der Waals surface area contributed by atoms with Crippen molar-refractivity contribution < 1.29 is 23.8 Å². The summed E-state index contributed by atoms with van der Waals surface area (Å²) in [6.07, 6.45) is 1.51. The minimum Gasteiger partial charge on any atom is -0.486 e. The largest absolute Gasteiger partial charge is 0.486 e. The molecule has 0 rings (SSSR count). The van der Waals surface area contributed by atoms with Crippen molar-refractivity contribution in [2.45, 2.75) is 26.9 Å². The lowest BCUT2D eigenvalue weighted by atomic mass is 10.4. The van der Waals surface area contributed by atoms with Gasteiger partial charge in [-0.05, 0) is 20.8 Å². The summed E-state index contributed by atoms with van der Waals surface area (Å²) in [6.45, 7) is 5.55. The monoisotopic (exact) mass is 216 g/mol. The minimum absolute atomic E-state index is 0.300. The fourth-order valence-electron chi connectivity index (χ4n) is 0.718. The number of hydrogen-bond donors (Lipinski definition) is 0. The van der Waals surface area contributed by atoms with Gasteiger partial charge in [0, 0.05) is 0 Å². The predicted octanol–water partition coefficient (Wildman–Crippen LogP) is 1.03. The zero-order chi connectivity index (χ0) is 11.7. The van der Waals surface area contributed by atoms with Gasteiger partial charge in [-0.25, -0.2) is 9.59 Å². The van der Waals surface area contributed by atoms with E-state index in [4.69, 9.17) is 9.47 Å². The molecule has 0 saturated heterocycles. The smallest absolute Gasteiger partial charge is 0.346 e. The van der Waals surface area contributed by atoms with E-state index < -0.39 is 18.0 Å². The van der Waals surface area contributed by atoms with Gasteiger partial charge in [-0.3, -0.25) is 0 Å². The Kier molecular flexibility index (Phi) is 7.05. The van der Waals surface area contributed by atoms with E-state index in [1.807, 2.05) is 0 Å². The van der Waals surface area contributed by atoms with E-state index in [0.29, 0.717) is 13.2 Å². The summed E-state index contributed by atoms with van der Waals surface area (Å²) in [5.74, 6) is -0.973. The molecule has 0 aliphatic rings. The van der Waals surface area contributed by atoms with E-state index >= 15 is 0 Å². The summed E-state index contributed by atoms with van der Waals surface area (Å²) in [7, 11) is 0.